The molecular weight excluding hydrogens is 703 g/mol. The van der Waals surface area contributed by atoms with Crippen molar-refractivity contribution >= 4 is 43.2 Å². The highest BCUT2D eigenvalue weighted by Crippen LogP contribution is 2.48. The molecule has 0 spiro atoms. The van der Waals surface area contributed by atoms with Gasteiger partial charge in [-0.05, 0) is 96.6 Å². The molecule has 3 aromatic carbocycles. The molecule has 0 radical (unpaired) electrons. The van der Waals surface area contributed by atoms with Crippen LogP contribution in [0, 0.1) is 0 Å². The minimum Gasteiger partial charge on any atom is -0.508 e. The molecule has 0 fully saturated rings. The van der Waals surface area contributed by atoms with E-state index in [9.17, 15) is 35.8 Å². The Morgan fingerprint density at radius 2 is 1.46 bits per heavy atom. The Labute approximate surface area is 306 Å². The predicted octanol–water partition coefficient (Wildman–Crippen LogP) is 6.96. The average Bonchev–Trinajstić information content (AvgIpc) is 3.45. The van der Waals surface area contributed by atoms with E-state index in [4.69, 9.17) is 0 Å². The van der Waals surface area contributed by atoms with Gasteiger partial charge < -0.3 is 15.3 Å². The van der Waals surface area contributed by atoms with Gasteiger partial charge in [0.25, 0.3) is 20.2 Å². The van der Waals surface area contributed by atoms with Crippen LogP contribution < -0.4 is 10.2 Å². The Morgan fingerprint density at radius 3 is 2.13 bits per heavy atom. The number of anilines is 1. The number of nitrogens with zero attached hydrogens (tertiary/aromatic N) is 2. The Bertz CT molecular complexity index is 2180. The summed E-state index contributed by atoms with van der Waals surface area (Å²) in [6.07, 6.45) is 12.8. The van der Waals surface area contributed by atoms with Gasteiger partial charge in [0.1, 0.15) is 5.75 Å². The summed E-state index contributed by atoms with van der Waals surface area (Å²) in [7, 11) is -8.75. The molecule has 0 saturated carbocycles. The molecule has 0 aromatic heterocycles. The third-order valence-corrected chi connectivity index (χ3v) is 11.4. The topological polar surface area (TPSA) is 174 Å². The Balaban J connectivity index is 1.25. The van der Waals surface area contributed by atoms with Gasteiger partial charge >= 0.3 is 0 Å². The van der Waals surface area contributed by atoms with Crippen LogP contribution in [0.15, 0.2) is 112 Å². The molecule has 0 unspecified atom stereocenters. The van der Waals surface area contributed by atoms with E-state index < -0.39 is 31.1 Å². The van der Waals surface area contributed by atoms with Crippen LogP contribution in [0.25, 0.3) is 0 Å². The zero-order chi connectivity index (χ0) is 37.9. The Kier molecular flexibility index (Phi) is 11.3. The molecule has 2 aliphatic rings. The van der Waals surface area contributed by atoms with Crippen LogP contribution in [0.2, 0.25) is 0 Å². The largest absolute Gasteiger partial charge is 0.508 e. The second-order valence-corrected chi connectivity index (χ2v) is 16.9. The first-order valence-corrected chi connectivity index (χ1v) is 20.0. The number of benzene rings is 3. The first-order chi connectivity index (χ1) is 24.4. The van der Waals surface area contributed by atoms with Gasteiger partial charge in [-0.25, -0.2) is 0 Å². The summed E-state index contributed by atoms with van der Waals surface area (Å²) >= 11 is 0. The van der Waals surface area contributed by atoms with Gasteiger partial charge in [-0.15, -0.1) is 0 Å². The van der Waals surface area contributed by atoms with Gasteiger partial charge in [0, 0.05) is 41.7 Å². The summed E-state index contributed by atoms with van der Waals surface area (Å²) in [6.45, 7) is 9.03. The summed E-state index contributed by atoms with van der Waals surface area (Å²) in [6, 6.07) is 15.9. The Morgan fingerprint density at radius 1 is 0.808 bits per heavy atom. The zero-order valence-corrected chi connectivity index (χ0v) is 31.3. The number of phenols is 1. The van der Waals surface area contributed by atoms with E-state index in [1.807, 2.05) is 70.2 Å². The van der Waals surface area contributed by atoms with Crippen LogP contribution in [-0.2, 0) is 42.3 Å². The van der Waals surface area contributed by atoms with E-state index in [1.54, 1.807) is 24.3 Å². The van der Waals surface area contributed by atoms with Gasteiger partial charge in [0.15, 0.2) is 0 Å². The number of allylic oxidation sites excluding steroid dienone is 6. The summed E-state index contributed by atoms with van der Waals surface area (Å²) in [5.41, 5.74) is 4.47. The highest BCUT2D eigenvalue weighted by molar-refractivity contribution is 7.86. The number of phenolic OH excluding ortho intramolecular Hbond substituents is 1. The molecule has 2 aliphatic heterocycles. The molecular formula is C39H45N3O8S2. The number of aliphatic imine (C=N–C) groups is 1. The minimum atomic E-state index is -4.40. The number of amides is 1. The van der Waals surface area contributed by atoms with E-state index in [0.29, 0.717) is 43.6 Å². The fraction of sp³-hybridized carbons (Fsp3) is 0.333. The van der Waals surface area contributed by atoms with Gasteiger partial charge in [0.2, 0.25) is 5.91 Å². The molecule has 4 N–H and O–H groups in total. The highest BCUT2D eigenvalue weighted by Gasteiger charge is 2.40. The fourth-order valence-electron chi connectivity index (χ4n) is 6.67. The van der Waals surface area contributed by atoms with Gasteiger partial charge in [-0.1, -0.05) is 64.5 Å². The maximum atomic E-state index is 12.4. The number of carbonyl (C=O) groups excluding carboxylic acids is 1. The van der Waals surface area contributed by atoms with E-state index >= 15 is 0 Å². The lowest BCUT2D eigenvalue weighted by atomic mass is 9.81. The number of rotatable bonds is 14. The lowest BCUT2D eigenvalue weighted by molar-refractivity contribution is -0.121. The molecule has 1 amide bonds. The first-order valence-electron chi connectivity index (χ1n) is 17.1. The van der Waals surface area contributed by atoms with Crippen molar-refractivity contribution in [2.75, 3.05) is 18.0 Å². The molecule has 0 saturated heterocycles. The van der Waals surface area contributed by atoms with Crippen molar-refractivity contribution in [1.29, 1.82) is 0 Å². The summed E-state index contributed by atoms with van der Waals surface area (Å²) in [4.78, 5) is 18.9. The number of fused-ring (bicyclic) bond motifs is 2. The van der Waals surface area contributed by atoms with Crippen molar-refractivity contribution < 1.29 is 35.8 Å². The second-order valence-electron chi connectivity index (χ2n) is 14.1. The molecule has 52 heavy (non-hydrogen) atoms. The molecule has 11 nitrogen and oxygen atoms in total. The summed E-state index contributed by atoms with van der Waals surface area (Å²) < 4.78 is 66.7. The molecule has 0 atom stereocenters. The zero-order valence-electron chi connectivity index (χ0n) is 29.7. The minimum absolute atomic E-state index is 0.0124. The maximum absolute atomic E-state index is 12.4. The summed E-state index contributed by atoms with van der Waals surface area (Å²) in [5.74, 6) is 0.195. The fourth-order valence-corrected chi connectivity index (χ4v) is 7.68. The third-order valence-electron chi connectivity index (χ3n) is 9.67. The van der Waals surface area contributed by atoms with Crippen LogP contribution in [0.5, 0.6) is 5.75 Å². The maximum Gasteiger partial charge on any atom is 0.294 e. The number of unbranched alkanes of at least 4 members (excludes halogenated alkanes) is 2. The van der Waals surface area contributed by atoms with Crippen LogP contribution in [-0.4, -0.2) is 55.8 Å². The van der Waals surface area contributed by atoms with E-state index in [1.165, 1.54) is 24.3 Å². The van der Waals surface area contributed by atoms with E-state index in [0.717, 1.165) is 41.1 Å². The standard InChI is InChI=1S/C39H45N3O8S2/c1-38(2)31-25-29(51(45,46)47)18-20-33(31)41-35(38)11-7-5-8-12-36-39(3,4)32-26-30(52(48,49)50)19-21-34(32)42(36)24-10-6-9-13-37(44)40-23-22-27-14-16-28(43)17-15-27/h5,7-8,11-12,14-21,25-26,43H,6,9-10,13,22-24H2,1-4H3,(H,40,44)(H,45,46,47)(H,48,49,50)/b8-5+,11-7+,36-12-. The van der Waals surface area contributed by atoms with Gasteiger partial charge in [0.05, 0.1) is 21.2 Å². The molecule has 2 heterocycles. The highest BCUT2D eigenvalue weighted by atomic mass is 32.2. The van der Waals surface area contributed by atoms with Crippen molar-refractivity contribution in [3.8, 4) is 5.75 Å². The van der Waals surface area contributed by atoms with Crippen molar-refractivity contribution in [3.63, 3.8) is 0 Å². The van der Waals surface area contributed by atoms with Gasteiger partial charge in [-0.3, -0.25) is 18.9 Å². The SMILES string of the molecule is CC1(C)C(/C=C/C=C/C=C2\N(CCCCCC(=O)NCCc3ccc(O)cc3)c3ccc(S(=O)(=O)O)cc3C2(C)C)=Nc2ccc(S(=O)(=O)O)cc21. The first kappa shape index (κ1) is 38.7. The van der Waals surface area contributed by atoms with Gasteiger partial charge in [-0.2, -0.15) is 16.8 Å². The van der Waals surface area contributed by atoms with Crippen LogP contribution >= 0.6 is 0 Å². The molecule has 5 rings (SSSR count). The number of aromatic hydroxyl groups is 1. The normalized spacial score (nSPS) is 17.2. The predicted molar refractivity (Wildman–Crippen MR) is 203 cm³/mol. The number of carbonyl (C=O) groups is 1. The molecule has 3 aromatic rings. The second kappa shape index (κ2) is 15.2. The van der Waals surface area contributed by atoms with Crippen LogP contribution in [0.3, 0.4) is 0 Å². The van der Waals surface area contributed by atoms with Crippen molar-refractivity contribution in [3.05, 3.63) is 113 Å². The van der Waals surface area contributed by atoms with Crippen molar-refractivity contribution in [2.24, 2.45) is 4.99 Å². The quantitative estimate of drug-likeness (QED) is 0.0772. The average molecular weight is 748 g/mol. The van der Waals surface area contributed by atoms with Crippen molar-refractivity contribution in [1.82, 2.24) is 5.32 Å². The lowest BCUT2D eigenvalue weighted by Gasteiger charge is -2.27. The summed E-state index contributed by atoms with van der Waals surface area (Å²) in [5, 5.41) is 12.4. The van der Waals surface area contributed by atoms with Crippen molar-refractivity contribution in [2.45, 2.75) is 80.4 Å². The van der Waals surface area contributed by atoms with Crippen LogP contribution in [0.4, 0.5) is 11.4 Å². The van der Waals surface area contributed by atoms with E-state index in [-0.39, 0.29) is 21.4 Å². The Hall–Kier alpha value is -4.56. The van der Waals surface area contributed by atoms with E-state index in [2.05, 4.69) is 15.2 Å². The number of nitrogens with one attached hydrogen (secondary N) is 1. The number of hydrogen-bond donors (Lipinski definition) is 4. The third kappa shape index (κ3) is 8.72. The number of hydrogen-bond acceptors (Lipinski definition) is 8. The molecule has 13 heteroatoms. The smallest absolute Gasteiger partial charge is 0.294 e. The lowest BCUT2D eigenvalue weighted by Crippen LogP contribution is -2.27. The molecule has 0 bridgehead atoms. The molecule has 276 valence electrons. The molecule has 0 aliphatic carbocycles. The van der Waals surface area contributed by atoms with Crippen LogP contribution in [0.1, 0.15) is 70.1 Å². The monoisotopic (exact) mass is 747 g/mol.